The maximum absolute atomic E-state index is 13.1. The van der Waals surface area contributed by atoms with Gasteiger partial charge in [0.25, 0.3) is 5.91 Å². The van der Waals surface area contributed by atoms with Crippen LogP contribution in [0.5, 0.6) is 0 Å². The van der Waals surface area contributed by atoms with Crippen LogP contribution < -0.4 is 5.32 Å². The summed E-state index contributed by atoms with van der Waals surface area (Å²) < 4.78 is 5.23. The van der Waals surface area contributed by atoms with Crippen molar-refractivity contribution in [2.45, 2.75) is 39.8 Å². The summed E-state index contributed by atoms with van der Waals surface area (Å²) in [7, 11) is 0. The molecule has 0 unspecified atom stereocenters. The lowest BCUT2D eigenvalue weighted by Crippen LogP contribution is -2.38. The SMILES string of the molecule is Cc1ncc2c(c1CNC(=O)c1ccoc1C)CCN(C(=O)Cc1c[nH]c3ccccc13)C2. The maximum atomic E-state index is 13.1. The molecule has 4 heterocycles. The molecule has 1 aromatic carbocycles. The van der Waals surface area contributed by atoms with Crippen molar-refractivity contribution < 1.29 is 14.0 Å². The van der Waals surface area contributed by atoms with E-state index in [4.69, 9.17) is 4.42 Å². The lowest BCUT2D eigenvalue weighted by molar-refractivity contribution is -0.131. The Balaban J connectivity index is 1.30. The Morgan fingerprint density at radius 2 is 2.06 bits per heavy atom. The summed E-state index contributed by atoms with van der Waals surface area (Å²) >= 11 is 0. The molecule has 7 nitrogen and oxygen atoms in total. The second-order valence-electron chi connectivity index (χ2n) is 8.50. The van der Waals surface area contributed by atoms with E-state index in [1.807, 2.05) is 48.5 Å². The summed E-state index contributed by atoms with van der Waals surface area (Å²) in [4.78, 5) is 35.3. The number of nitrogens with one attached hydrogen (secondary N) is 2. The molecule has 168 valence electrons. The van der Waals surface area contributed by atoms with E-state index in [0.717, 1.165) is 39.7 Å². The van der Waals surface area contributed by atoms with Crippen molar-refractivity contribution in [2.75, 3.05) is 6.54 Å². The first kappa shape index (κ1) is 21.0. The molecule has 5 rings (SSSR count). The third-order valence-corrected chi connectivity index (χ3v) is 6.49. The molecule has 0 spiro atoms. The summed E-state index contributed by atoms with van der Waals surface area (Å²) in [6, 6.07) is 9.70. The second kappa shape index (κ2) is 8.58. The minimum Gasteiger partial charge on any atom is -0.469 e. The number of aromatic nitrogens is 2. The summed E-state index contributed by atoms with van der Waals surface area (Å²) in [5.41, 5.74) is 6.76. The van der Waals surface area contributed by atoms with E-state index in [-0.39, 0.29) is 11.8 Å². The first-order valence-electron chi connectivity index (χ1n) is 11.1. The van der Waals surface area contributed by atoms with Crippen molar-refractivity contribution >= 4 is 22.7 Å². The highest BCUT2D eigenvalue weighted by Gasteiger charge is 2.25. The van der Waals surface area contributed by atoms with Crippen molar-refractivity contribution in [2.24, 2.45) is 0 Å². The molecule has 7 heteroatoms. The number of carbonyl (C=O) groups excluding carboxylic acids is 2. The first-order chi connectivity index (χ1) is 16.0. The van der Waals surface area contributed by atoms with Crippen LogP contribution in [0.25, 0.3) is 10.9 Å². The molecule has 2 amide bonds. The Morgan fingerprint density at radius 3 is 2.88 bits per heavy atom. The molecular weight excluding hydrogens is 416 g/mol. The van der Waals surface area contributed by atoms with Crippen LogP contribution >= 0.6 is 0 Å². The summed E-state index contributed by atoms with van der Waals surface area (Å²) in [6.45, 7) is 5.31. The van der Waals surface area contributed by atoms with E-state index in [1.165, 1.54) is 11.8 Å². The number of amides is 2. The molecule has 2 N–H and O–H groups in total. The minimum atomic E-state index is -0.162. The van der Waals surface area contributed by atoms with Crippen molar-refractivity contribution in [1.82, 2.24) is 20.2 Å². The average molecular weight is 443 g/mol. The Hall–Kier alpha value is -3.87. The molecular formula is C26H26N4O3. The van der Waals surface area contributed by atoms with Crippen LogP contribution in [-0.2, 0) is 30.7 Å². The largest absolute Gasteiger partial charge is 0.469 e. The highest BCUT2D eigenvalue weighted by Crippen LogP contribution is 2.25. The van der Waals surface area contributed by atoms with Gasteiger partial charge < -0.3 is 19.6 Å². The third kappa shape index (κ3) is 4.02. The lowest BCUT2D eigenvalue weighted by Gasteiger charge is -2.30. The molecule has 33 heavy (non-hydrogen) atoms. The second-order valence-corrected chi connectivity index (χ2v) is 8.50. The van der Waals surface area contributed by atoms with Gasteiger partial charge in [-0.3, -0.25) is 14.6 Å². The molecule has 4 aromatic rings. The number of para-hydroxylation sites is 1. The van der Waals surface area contributed by atoms with Gasteiger partial charge in [-0.25, -0.2) is 0 Å². The molecule has 0 atom stereocenters. The van der Waals surface area contributed by atoms with Crippen molar-refractivity contribution in [3.63, 3.8) is 0 Å². The average Bonchev–Trinajstić information content (AvgIpc) is 3.44. The lowest BCUT2D eigenvalue weighted by atomic mass is 9.94. The van der Waals surface area contributed by atoms with Crippen molar-refractivity contribution in [3.8, 4) is 0 Å². The number of pyridine rings is 1. The third-order valence-electron chi connectivity index (χ3n) is 6.49. The molecule has 0 fully saturated rings. The number of fused-ring (bicyclic) bond motifs is 2. The van der Waals surface area contributed by atoms with Gasteiger partial charge in [0.1, 0.15) is 5.76 Å². The van der Waals surface area contributed by atoms with Gasteiger partial charge in [0.2, 0.25) is 5.91 Å². The zero-order valence-corrected chi connectivity index (χ0v) is 18.8. The number of carbonyl (C=O) groups is 2. The quantitative estimate of drug-likeness (QED) is 0.491. The topological polar surface area (TPSA) is 91.2 Å². The first-order valence-corrected chi connectivity index (χ1v) is 11.1. The Morgan fingerprint density at radius 1 is 1.21 bits per heavy atom. The van der Waals surface area contributed by atoms with Crippen molar-refractivity contribution in [3.05, 3.63) is 88.3 Å². The molecule has 0 saturated carbocycles. The highest BCUT2D eigenvalue weighted by molar-refractivity contribution is 5.95. The molecule has 0 radical (unpaired) electrons. The van der Waals surface area contributed by atoms with Crippen LogP contribution in [0.15, 0.2) is 53.4 Å². The van der Waals surface area contributed by atoms with Gasteiger partial charge >= 0.3 is 0 Å². The van der Waals surface area contributed by atoms with E-state index >= 15 is 0 Å². The van der Waals surface area contributed by atoms with Crippen LogP contribution in [-0.4, -0.2) is 33.2 Å². The zero-order valence-electron chi connectivity index (χ0n) is 18.8. The summed E-state index contributed by atoms with van der Waals surface area (Å²) in [6.07, 6.45) is 6.42. The maximum Gasteiger partial charge on any atom is 0.255 e. The molecule has 0 saturated heterocycles. The number of aryl methyl sites for hydroxylation is 2. The normalized spacial score (nSPS) is 13.2. The number of rotatable bonds is 5. The Bertz CT molecular complexity index is 1350. The van der Waals surface area contributed by atoms with Gasteiger partial charge in [0.15, 0.2) is 0 Å². The van der Waals surface area contributed by atoms with Crippen LogP contribution in [0.1, 0.15) is 44.1 Å². The summed E-state index contributed by atoms with van der Waals surface area (Å²) in [5.74, 6) is 0.544. The van der Waals surface area contributed by atoms with Gasteiger partial charge in [-0.05, 0) is 54.7 Å². The number of benzene rings is 1. The number of nitrogens with zero attached hydrogens (tertiary/aromatic N) is 2. The predicted molar refractivity (Wildman–Crippen MR) is 125 cm³/mol. The van der Waals surface area contributed by atoms with Gasteiger partial charge in [0.05, 0.1) is 18.2 Å². The van der Waals surface area contributed by atoms with Gasteiger partial charge in [-0.15, -0.1) is 0 Å². The zero-order chi connectivity index (χ0) is 22.9. The summed E-state index contributed by atoms with van der Waals surface area (Å²) in [5, 5.41) is 4.08. The monoisotopic (exact) mass is 442 g/mol. The fourth-order valence-corrected chi connectivity index (χ4v) is 4.61. The number of H-pyrrole nitrogens is 1. The van der Waals surface area contributed by atoms with E-state index in [9.17, 15) is 9.59 Å². The van der Waals surface area contributed by atoms with Crippen molar-refractivity contribution in [1.29, 1.82) is 0 Å². The molecule has 1 aliphatic rings. The van der Waals surface area contributed by atoms with Crippen LogP contribution in [0, 0.1) is 13.8 Å². The van der Waals surface area contributed by atoms with E-state index in [0.29, 0.717) is 37.4 Å². The number of furan rings is 1. The minimum absolute atomic E-state index is 0.108. The highest BCUT2D eigenvalue weighted by atomic mass is 16.3. The number of hydrogen-bond acceptors (Lipinski definition) is 4. The number of hydrogen-bond donors (Lipinski definition) is 2. The van der Waals surface area contributed by atoms with Crippen LogP contribution in [0.2, 0.25) is 0 Å². The van der Waals surface area contributed by atoms with Gasteiger partial charge in [-0.2, -0.15) is 0 Å². The fourth-order valence-electron chi connectivity index (χ4n) is 4.61. The Labute approximate surface area is 191 Å². The van der Waals surface area contributed by atoms with Crippen LogP contribution in [0.4, 0.5) is 0 Å². The van der Waals surface area contributed by atoms with E-state index in [2.05, 4.69) is 15.3 Å². The standard InChI is InChI=1S/C26H26N4O3/c1-16-23(14-29-26(32)20-8-10-33-17(20)2)21-7-9-30(15-19(21)13-27-16)25(31)11-18-12-28-24-6-4-3-5-22(18)24/h3-6,8,10,12-13,28H,7,9,11,14-15H2,1-2H3,(H,29,32). The predicted octanol–water partition coefficient (Wildman–Crippen LogP) is 3.83. The van der Waals surface area contributed by atoms with Crippen LogP contribution in [0.3, 0.4) is 0 Å². The van der Waals surface area contributed by atoms with E-state index in [1.54, 1.807) is 13.0 Å². The molecule has 0 aliphatic carbocycles. The van der Waals surface area contributed by atoms with Gasteiger partial charge in [0, 0.05) is 48.6 Å². The van der Waals surface area contributed by atoms with E-state index < -0.39 is 0 Å². The number of aromatic amines is 1. The van der Waals surface area contributed by atoms with Gasteiger partial charge in [-0.1, -0.05) is 18.2 Å². The molecule has 3 aromatic heterocycles. The smallest absolute Gasteiger partial charge is 0.255 e. The molecule has 1 aliphatic heterocycles. The Kier molecular flexibility index (Phi) is 5.46. The molecule has 0 bridgehead atoms. The fraction of sp³-hybridized carbons (Fsp3) is 0.269.